The molecule has 5 nitrogen and oxygen atoms in total. The van der Waals surface area contributed by atoms with Crippen molar-refractivity contribution in [1.82, 2.24) is 4.90 Å². The molecule has 1 fully saturated rings. The van der Waals surface area contributed by atoms with Crippen LogP contribution >= 0.6 is 0 Å². The second-order valence-electron chi connectivity index (χ2n) is 5.38. The lowest BCUT2D eigenvalue weighted by atomic mass is 9.93. The average Bonchev–Trinajstić information content (AvgIpc) is 2.61. The summed E-state index contributed by atoms with van der Waals surface area (Å²) in [5, 5.41) is 10.7. The first-order chi connectivity index (χ1) is 9.45. The van der Waals surface area contributed by atoms with Gasteiger partial charge in [-0.25, -0.2) is 8.42 Å². The molecule has 112 valence electrons. The lowest BCUT2D eigenvalue weighted by molar-refractivity contribution is 0.00883. The Balaban J connectivity index is 2.10. The number of sulfone groups is 1. The zero-order valence-electron chi connectivity index (χ0n) is 11.5. The minimum absolute atomic E-state index is 0.111. The Hall–Kier alpha value is -0.950. The van der Waals surface area contributed by atoms with Gasteiger partial charge in [0.15, 0.2) is 9.84 Å². The molecule has 3 N–H and O–H groups in total. The maximum atomic E-state index is 11.6. The van der Waals surface area contributed by atoms with Gasteiger partial charge in [-0.3, -0.25) is 4.90 Å². The Morgan fingerprint density at radius 2 is 1.90 bits per heavy atom. The minimum atomic E-state index is -2.93. The van der Waals surface area contributed by atoms with E-state index in [-0.39, 0.29) is 18.1 Å². The van der Waals surface area contributed by atoms with Gasteiger partial charge in [0.1, 0.15) is 5.60 Å². The highest BCUT2D eigenvalue weighted by Gasteiger charge is 2.31. The third kappa shape index (κ3) is 3.79. The lowest BCUT2D eigenvalue weighted by Gasteiger charge is -2.33. The van der Waals surface area contributed by atoms with Crippen LogP contribution in [0.4, 0.5) is 0 Å². The highest BCUT2D eigenvalue weighted by atomic mass is 32.2. The summed E-state index contributed by atoms with van der Waals surface area (Å²) in [5.74, 6) is 0.387. The molecule has 1 aliphatic rings. The molecule has 0 amide bonds. The van der Waals surface area contributed by atoms with Crippen LogP contribution in [0, 0.1) is 0 Å². The zero-order chi connectivity index (χ0) is 14.6. The zero-order valence-corrected chi connectivity index (χ0v) is 12.3. The smallest absolute Gasteiger partial charge is 0.151 e. The van der Waals surface area contributed by atoms with E-state index in [1.807, 2.05) is 35.2 Å². The van der Waals surface area contributed by atoms with Crippen LogP contribution in [0.2, 0.25) is 0 Å². The lowest BCUT2D eigenvalue weighted by Crippen LogP contribution is -2.46. The van der Waals surface area contributed by atoms with Crippen molar-refractivity contribution in [3.8, 4) is 0 Å². The minimum Gasteiger partial charge on any atom is -0.382 e. The number of rotatable bonds is 4. The van der Waals surface area contributed by atoms with Gasteiger partial charge in [0.2, 0.25) is 0 Å². The number of hydrogen-bond donors (Lipinski definition) is 2. The fourth-order valence-corrected chi connectivity index (χ4v) is 3.85. The van der Waals surface area contributed by atoms with E-state index in [0.717, 1.165) is 5.56 Å². The second-order valence-corrected chi connectivity index (χ2v) is 7.69. The summed E-state index contributed by atoms with van der Waals surface area (Å²) >= 11 is 0. The van der Waals surface area contributed by atoms with Crippen LogP contribution in [-0.4, -0.2) is 56.1 Å². The standard InChI is InChI=1S/C14H22N2O3S/c15-11-14(17,13-5-2-1-3-6-13)12-16-7-4-9-20(18,19)10-8-16/h1-3,5-6,17H,4,7-12,15H2. The maximum Gasteiger partial charge on any atom is 0.151 e. The monoisotopic (exact) mass is 298 g/mol. The molecule has 1 unspecified atom stereocenters. The van der Waals surface area contributed by atoms with E-state index in [1.54, 1.807) is 0 Å². The topological polar surface area (TPSA) is 83.6 Å². The molecule has 20 heavy (non-hydrogen) atoms. The molecule has 1 heterocycles. The van der Waals surface area contributed by atoms with Crippen molar-refractivity contribution in [2.75, 3.05) is 37.7 Å². The van der Waals surface area contributed by atoms with Crippen molar-refractivity contribution in [1.29, 1.82) is 0 Å². The maximum absolute atomic E-state index is 11.6. The van der Waals surface area contributed by atoms with Gasteiger partial charge >= 0.3 is 0 Å². The summed E-state index contributed by atoms with van der Waals surface area (Å²) in [7, 11) is -2.93. The predicted octanol–water partition coefficient (Wildman–Crippen LogP) is -0.0466. The van der Waals surface area contributed by atoms with E-state index < -0.39 is 15.4 Å². The molecule has 2 rings (SSSR count). The van der Waals surface area contributed by atoms with Gasteiger partial charge in [-0.05, 0) is 18.5 Å². The molecule has 0 saturated carbocycles. The number of nitrogens with zero attached hydrogens (tertiary/aromatic N) is 1. The van der Waals surface area contributed by atoms with Gasteiger partial charge in [-0.15, -0.1) is 0 Å². The highest BCUT2D eigenvalue weighted by molar-refractivity contribution is 7.91. The second kappa shape index (κ2) is 6.22. The summed E-state index contributed by atoms with van der Waals surface area (Å²) in [4.78, 5) is 1.99. The van der Waals surface area contributed by atoms with Crippen LogP contribution in [0.25, 0.3) is 0 Å². The van der Waals surface area contributed by atoms with Crippen molar-refractivity contribution in [2.24, 2.45) is 5.73 Å². The van der Waals surface area contributed by atoms with Crippen molar-refractivity contribution >= 4 is 9.84 Å². The average molecular weight is 298 g/mol. The van der Waals surface area contributed by atoms with Gasteiger partial charge < -0.3 is 10.8 Å². The molecular weight excluding hydrogens is 276 g/mol. The van der Waals surface area contributed by atoms with Crippen LogP contribution in [0.5, 0.6) is 0 Å². The molecular formula is C14H22N2O3S. The summed E-state index contributed by atoms with van der Waals surface area (Å²) in [6.45, 7) is 1.61. The molecule has 1 atom stereocenters. The molecule has 0 spiro atoms. The molecule has 0 radical (unpaired) electrons. The molecule has 0 aliphatic carbocycles. The molecule has 0 aromatic heterocycles. The Kier molecular flexibility index (Phi) is 4.80. The van der Waals surface area contributed by atoms with Crippen molar-refractivity contribution in [3.05, 3.63) is 35.9 Å². The van der Waals surface area contributed by atoms with Gasteiger partial charge in [0.25, 0.3) is 0 Å². The number of benzene rings is 1. The first kappa shape index (κ1) is 15.4. The fraction of sp³-hybridized carbons (Fsp3) is 0.571. The fourth-order valence-electron chi connectivity index (χ4n) is 2.54. The molecule has 1 aliphatic heterocycles. The van der Waals surface area contributed by atoms with Crippen LogP contribution < -0.4 is 5.73 Å². The van der Waals surface area contributed by atoms with E-state index in [4.69, 9.17) is 5.73 Å². The Labute approximate surface area is 120 Å². The number of nitrogens with two attached hydrogens (primary N) is 1. The normalized spacial score (nSPS) is 22.9. The molecule has 1 aromatic carbocycles. The first-order valence-corrected chi connectivity index (χ1v) is 8.68. The van der Waals surface area contributed by atoms with Crippen molar-refractivity contribution in [3.63, 3.8) is 0 Å². The van der Waals surface area contributed by atoms with Gasteiger partial charge in [0, 0.05) is 19.6 Å². The van der Waals surface area contributed by atoms with Crippen LogP contribution in [0.15, 0.2) is 30.3 Å². The van der Waals surface area contributed by atoms with Crippen molar-refractivity contribution < 1.29 is 13.5 Å². The summed E-state index contributed by atoms with van der Waals surface area (Å²) in [6.07, 6.45) is 0.609. The van der Waals surface area contributed by atoms with E-state index in [9.17, 15) is 13.5 Å². The summed E-state index contributed by atoms with van der Waals surface area (Å²) in [6, 6.07) is 9.31. The molecule has 1 saturated heterocycles. The van der Waals surface area contributed by atoms with E-state index in [1.165, 1.54) is 0 Å². The van der Waals surface area contributed by atoms with Gasteiger partial charge in [0.05, 0.1) is 11.5 Å². The van der Waals surface area contributed by atoms with E-state index in [0.29, 0.717) is 26.1 Å². The van der Waals surface area contributed by atoms with E-state index in [2.05, 4.69) is 0 Å². The van der Waals surface area contributed by atoms with Gasteiger partial charge in [-0.2, -0.15) is 0 Å². The molecule has 1 aromatic rings. The summed E-state index contributed by atoms with van der Waals surface area (Å²) in [5.41, 5.74) is 5.40. The first-order valence-electron chi connectivity index (χ1n) is 6.86. The third-order valence-electron chi connectivity index (χ3n) is 3.78. The number of hydrogen-bond acceptors (Lipinski definition) is 5. The Morgan fingerprint density at radius 1 is 1.20 bits per heavy atom. The summed E-state index contributed by atoms with van der Waals surface area (Å²) < 4.78 is 23.2. The van der Waals surface area contributed by atoms with Crippen molar-refractivity contribution in [2.45, 2.75) is 12.0 Å². The third-order valence-corrected chi connectivity index (χ3v) is 5.50. The Morgan fingerprint density at radius 3 is 2.55 bits per heavy atom. The van der Waals surface area contributed by atoms with Crippen LogP contribution in [-0.2, 0) is 15.4 Å². The molecule has 6 heteroatoms. The van der Waals surface area contributed by atoms with E-state index >= 15 is 0 Å². The number of aliphatic hydroxyl groups is 1. The Bertz CT molecular complexity index is 533. The SMILES string of the molecule is NCC(O)(CN1CCCS(=O)(=O)CC1)c1ccccc1. The largest absolute Gasteiger partial charge is 0.382 e. The van der Waals surface area contributed by atoms with Crippen LogP contribution in [0.1, 0.15) is 12.0 Å². The highest BCUT2D eigenvalue weighted by Crippen LogP contribution is 2.22. The predicted molar refractivity (Wildman–Crippen MR) is 79.1 cm³/mol. The molecule has 0 bridgehead atoms. The quantitative estimate of drug-likeness (QED) is 0.814. The van der Waals surface area contributed by atoms with Crippen LogP contribution in [0.3, 0.4) is 0 Å². The van der Waals surface area contributed by atoms with Gasteiger partial charge in [-0.1, -0.05) is 30.3 Å². The number of β-amino-alcohol motifs (C(OH)–C–C–N with tert-alkyl or cyclic N) is 1.